The standard InChI is InChI=1S/C9H12ClN3OS/c1-9(12,8(11)14)5-15-7-3-2-6(10)4-13-7/h2-4H,5,12H2,1H3,(H2,11,14). The minimum absolute atomic E-state index is 0.386. The Kier molecular flexibility index (Phi) is 3.96. The van der Waals surface area contributed by atoms with Crippen LogP contribution in [-0.2, 0) is 4.79 Å². The van der Waals surface area contributed by atoms with Crippen molar-refractivity contribution in [2.24, 2.45) is 11.5 Å². The molecule has 0 aliphatic carbocycles. The highest BCUT2D eigenvalue weighted by atomic mass is 35.5. The molecule has 1 amide bonds. The second-order valence-corrected chi connectivity index (χ2v) is 4.82. The SMILES string of the molecule is CC(N)(CSc1ccc(Cl)cn1)C(N)=O. The highest BCUT2D eigenvalue weighted by molar-refractivity contribution is 7.99. The van der Waals surface area contributed by atoms with Crippen molar-refractivity contribution in [3.05, 3.63) is 23.4 Å². The Morgan fingerprint density at radius 1 is 1.67 bits per heavy atom. The summed E-state index contributed by atoms with van der Waals surface area (Å²) in [5, 5.41) is 1.34. The van der Waals surface area contributed by atoms with Crippen molar-refractivity contribution < 1.29 is 4.79 Å². The average Bonchev–Trinajstić information content (AvgIpc) is 2.17. The van der Waals surface area contributed by atoms with Crippen LogP contribution in [0.1, 0.15) is 6.92 Å². The number of primary amides is 1. The number of hydrogen-bond donors (Lipinski definition) is 2. The van der Waals surface area contributed by atoms with Crippen molar-refractivity contribution >= 4 is 29.3 Å². The van der Waals surface area contributed by atoms with Gasteiger partial charge in [0, 0.05) is 11.9 Å². The highest BCUT2D eigenvalue weighted by Crippen LogP contribution is 2.20. The van der Waals surface area contributed by atoms with Crippen LogP contribution in [0.2, 0.25) is 5.02 Å². The number of pyridine rings is 1. The molecule has 0 radical (unpaired) electrons. The molecule has 6 heteroatoms. The number of halogens is 1. The van der Waals surface area contributed by atoms with Gasteiger partial charge >= 0.3 is 0 Å². The lowest BCUT2D eigenvalue weighted by Gasteiger charge is -2.19. The number of amides is 1. The van der Waals surface area contributed by atoms with E-state index in [-0.39, 0.29) is 0 Å². The summed E-state index contributed by atoms with van der Waals surface area (Å²) in [6.45, 7) is 1.60. The van der Waals surface area contributed by atoms with E-state index in [1.807, 2.05) is 0 Å². The van der Waals surface area contributed by atoms with E-state index in [4.69, 9.17) is 23.1 Å². The fourth-order valence-electron chi connectivity index (χ4n) is 0.743. The molecule has 1 rings (SSSR count). The number of aromatic nitrogens is 1. The van der Waals surface area contributed by atoms with Crippen molar-refractivity contribution in [3.63, 3.8) is 0 Å². The van der Waals surface area contributed by atoms with Crippen LogP contribution >= 0.6 is 23.4 Å². The molecule has 0 aliphatic rings. The predicted octanol–water partition coefficient (Wildman–Crippen LogP) is 1.03. The van der Waals surface area contributed by atoms with E-state index in [1.54, 1.807) is 25.3 Å². The van der Waals surface area contributed by atoms with Crippen LogP contribution in [0.5, 0.6) is 0 Å². The quantitative estimate of drug-likeness (QED) is 0.777. The molecule has 1 aromatic rings. The Morgan fingerprint density at radius 2 is 2.33 bits per heavy atom. The third-order valence-corrected chi connectivity index (χ3v) is 3.29. The van der Waals surface area contributed by atoms with E-state index in [2.05, 4.69) is 4.98 Å². The van der Waals surface area contributed by atoms with E-state index in [0.717, 1.165) is 5.03 Å². The van der Waals surface area contributed by atoms with Crippen molar-refractivity contribution in [3.8, 4) is 0 Å². The fraction of sp³-hybridized carbons (Fsp3) is 0.333. The maximum atomic E-state index is 10.9. The largest absolute Gasteiger partial charge is 0.368 e. The summed E-state index contributed by atoms with van der Waals surface area (Å²) >= 11 is 7.05. The zero-order chi connectivity index (χ0) is 11.5. The highest BCUT2D eigenvalue weighted by Gasteiger charge is 2.25. The third-order valence-electron chi connectivity index (χ3n) is 1.78. The first-order valence-corrected chi connectivity index (χ1v) is 5.61. The first kappa shape index (κ1) is 12.3. The fourth-order valence-corrected chi connectivity index (χ4v) is 1.74. The first-order valence-electron chi connectivity index (χ1n) is 4.25. The molecular formula is C9H12ClN3OS. The minimum Gasteiger partial charge on any atom is -0.368 e. The summed E-state index contributed by atoms with van der Waals surface area (Å²) < 4.78 is 0. The number of carbonyl (C=O) groups excluding carboxylic acids is 1. The summed E-state index contributed by atoms with van der Waals surface area (Å²) in [6, 6.07) is 3.50. The van der Waals surface area contributed by atoms with Gasteiger partial charge in [-0.05, 0) is 19.1 Å². The molecule has 0 aromatic carbocycles. The summed E-state index contributed by atoms with van der Waals surface area (Å²) in [5.41, 5.74) is 9.81. The Morgan fingerprint density at radius 3 is 2.80 bits per heavy atom. The third kappa shape index (κ3) is 3.70. The van der Waals surface area contributed by atoms with Crippen LogP contribution in [0.25, 0.3) is 0 Å². The Labute approximate surface area is 97.4 Å². The van der Waals surface area contributed by atoms with Gasteiger partial charge in [0.05, 0.1) is 10.0 Å². The monoisotopic (exact) mass is 245 g/mol. The number of carbonyl (C=O) groups is 1. The molecule has 15 heavy (non-hydrogen) atoms. The van der Waals surface area contributed by atoms with Crippen LogP contribution in [0.3, 0.4) is 0 Å². The number of rotatable bonds is 4. The molecule has 1 aromatic heterocycles. The Hall–Kier alpha value is -0.780. The van der Waals surface area contributed by atoms with Crippen LogP contribution in [0, 0.1) is 0 Å². The van der Waals surface area contributed by atoms with E-state index in [1.165, 1.54) is 11.8 Å². The van der Waals surface area contributed by atoms with Gasteiger partial charge in [-0.15, -0.1) is 11.8 Å². The average molecular weight is 246 g/mol. The van der Waals surface area contributed by atoms with Gasteiger partial charge in [-0.2, -0.15) is 0 Å². The van der Waals surface area contributed by atoms with E-state index >= 15 is 0 Å². The topological polar surface area (TPSA) is 82.0 Å². The van der Waals surface area contributed by atoms with Gasteiger partial charge < -0.3 is 11.5 Å². The first-order chi connectivity index (χ1) is 6.92. The van der Waals surface area contributed by atoms with Crippen LogP contribution in [0.4, 0.5) is 0 Å². The molecular weight excluding hydrogens is 234 g/mol. The molecule has 0 saturated carbocycles. The number of nitrogens with two attached hydrogens (primary N) is 2. The number of hydrogen-bond acceptors (Lipinski definition) is 4. The summed E-state index contributed by atoms with van der Waals surface area (Å²) in [7, 11) is 0. The summed E-state index contributed by atoms with van der Waals surface area (Å²) in [4.78, 5) is 15.0. The molecule has 0 bridgehead atoms. The lowest BCUT2D eigenvalue weighted by Crippen LogP contribution is -2.51. The van der Waals surface area contributed by atoms with Crippen LogP contribution < -0.4 is 11.5 Å². The van der Waals surface area contributed by atoms with Crippen molar-refractivity contribution in [2.75, 3.05) is 5.75 Å². The molecule has 82 valence electrons. The van der Waals surface area contributed by atoms with Gasteiger partial charge in [0.2, 0.25) is 5.91 Å². The summed E-state index contributed by atoms with van der Waals surface area (Å²) in [6.07, 6.45) is 1.54. The van der Waals surface area contributed by atoms with Crippen LogP contribution in [0.15, 0.2) is 23.4 Å². The van der Waals surface area contributed by atoms with Gasteiger partial charge in [0.1, 0.15) is 5.54 Å². The zero-order valence-corrected chi connectivity index (χ0v) is 9.81. The Balaban J connectivity index is 2.57. The van der Waals surface area contributed by atoms with Gasteiger partial charge in [-0.3, -0.25) is 4.79 Å². The molecule has 0 saturated heterocycles. The van der Waals surface area contributed by atoms with Crippen molar-refractivity contribution in [2.45, 2.75) is 17.5 Å². The molecule has 4 nitrogen and oxygen atoms in total. The number of nitrogens with zero attached hydrogens (tertiary/aromatic N) is 1. The molecule has 4 N–H and O–H groups in total. The smallest absolute Gasteiger partial charge is 0.238 e. The van der Waals surface area contributed by atoms with Gasteiger partial charge in [0.25, 0.3) is 0 Å². The normalized spacial score (nSPS) is 14.6. The Bertz CT molecular complexity index is 353. The van der Waals surface area contributed by atoms with Gasteiger partial charge in [-0.25, -0.2) is 4.98 Å². The van der Waals surface area contributed by atoms with E-state index in [9.17, 15) is 4.79 Å². The maximum absolute atomic E-state index is 10.9. The van der Waals surface area contributed by atoms with E-state index in [0.29, 0.717) is 10.8 Å². The van der Waals surface area contributed by atoms with Crippen molar-refractivity contribution in [1.82, 2.24) is 4.98 Å². The predicted molar refractivity (Wildman–Crippen MR) is 61.8 cm³/mol. The molecule has 0 aliphatic heterocycles. The second kappa shape index (κ2) is 4.83. The maximum Gasteiger partial charge on any atom is 0.238 e. The number of thioether (sulfide) groups is 1. The molecule has 1 heterocycles. The van der Waals surface area contributed by atoms with Gasteiger partial charge in [-0.1, -0.05) is 11.6 Å². The lowest BCUT2D eigenvalue weighted by atomic mass is 10.1. The van der Waals surface area contributed by atoms with E-state index < -0.39 is 11.4 Å². The molecule has 1 atom stereocenters. The lowest BCUT2D eigenvalue weighted by molar-refractivity contribution is -0.121. The van der Waals surface area contributed by atoms with Crippen molar-refractivity contribution in [1.29, 1.82) is 0 Å². The molecule has 0 fully saturated rings. The molecule has 0 spiro atoms. The zero-order valence-electron chi connectivity index (χ0n) is 8.24. The van der Waals surface area contributed by atoms with Gasteiger partial charge in [0.15, 0.2) is 0 Å². The second-order valence-electron chi connectivity index (χ2n) is 3.39. The molecule has 1 unspecified atom stereocenters. The minimum atomic E-state index is -1.02. The summed E-state index contributed by atoms with van der Waals surface area (Å²) in [5.74, 6) is -0.138. The van der Waals surface area contributed by atoms with Crippen LogP contribution in [-0.4, -0.2) is 22.2 Å².